The van der Waals surface area contributed by atoms with Crippen molar-refractivity contribution in [1.29, 1.82) is 0 Å². The quantitative estimate of drug-likeness (QED) is 0.384. The van der Waals surface area contributed by atoms with Gasteiger partial charge in [0.1, 0.15) is 5.69 Å². The van der Waals surface area contributed by atoms with Crippen LogP contribution < -0.4 is 10.6 Å². The minimum Gasteiger partial charge on any atom is -0.592 e. The number of nitrogens with two attached hydrogens (primary N) is 1. The van der Waals surface area contributed by atoms with Crippen LogP contribution in [0, 0.1) is 5.21 Å². The number of nitrogens with zero attached hydrogens (tertiary/aromatic N) is 4. The third-order valence-corrected chi connectivity index (χ3v) is 3.44. The maximum atomic E-state index is 12.3. The Labute approximate surface area is 124 Å². The summed E-state index contributed by atoms with van der Waals surface area (Å²) in [4.78, 5) is 3.22. The first-order valence-electron chi connectivity index (χ1n) is 6.56. The van der Waals surface area contributed by atoms with Crippen molar-refractivity contribution in [3.63, 3.8) is 0 Å². The molecule has 0 bridgehead atoms. The summed E-state index contributed by atoms with van der Waals surface area (Å²) in [6.45, 7) is 0.535. The van der Waals surface area contributed by atoms with Crippen LogP contribution in [-0.4, -0.2) is 53.9 Å². The molecule has 0 spiro atoms. The summed E-state index contributed by atoms with van der Waals surface area (Å²) in [7, 11) is 0. The van der Waals surface area contributed by atoms with Gasteiger partial charge in [-0.3, -0.25) is 4.90 Å². The fourth-order valence-electron chi connectivity index (χ4n) is 2.38. The van der Waals surface area contributed by atoms with Gasteiger partial charge in [-0.05, 0) is 17.0 Å². The lowest BCUT2D eigenvalue weighted by molar-refractivity contribution is -0.473. The second-order valence-electron chi connectivity index (χ2n) is 4.98. The van der Waals surface area contributed by atoms with Crippen LogP contribution in [0.15, 0.2) is 23.5 Å². The molecule has 1 aromatic carbocycles. The molecular weight excluding hydrogens is 303 g/mol. The number of halogens is 3. The Morgan fingerprint density at radius 1 is 1.27 bits per heavy atom. The lowest BCUT2D eigenvalue weighted by atomic mass is 10.2. The molecule has 0 unspecified atom stereocenters. The molecule has 1 aliphatic heterocycles. The molecule has 1 aromatic rings. The average molecular weight is 319 g/mol. The van der Waals surface area contributed by atoms with Crippen molar-refractivity contribution >= 4 is 17.1 Å². The Kier molecular flexibility index (Phi) is 4.59. The van der Waals surface area contributed by atoms with E-state index in [1.165, 1.54) is 17.0 Å². The van der Waals surface area contributed by atoms with Crippen LogP contribution in [0.4, 0.5) is 30.2 Å². The molecule has 0 atom stereocenters. The number of nitrogen functional groups attached to an aromatic ring is 1. The fraction of sp³-hybridized carbons (Fsp3) is 0.500. The van der Waals surface area contributed by atoms with Crippen molar-refractivity contribution in [2.24, 2.45) is 5.28 Å². The van der Waals surface area contributed by atoms with Crippen LogP contribution in [0.1, 0.15) is 0 Å². The van der Waals surface area contributed by atoms with E-state index in [1.807, 2.05) is 4.90 Å². The monoisotopic (exact) mass is 319 g/mol. The summed E-state index contributed by atoms with van der Waals surface area (Å²) in [6.07, 6.45) is -4.19. The van der Waals surface area contributed by atoms with Gasteiger partial charge in [-0.15, -0.1) is 0 Å². The van der Waals surface area contributed by atoms with Gasteiger partial charge < -0.3 is 21.0 Å². The van der Waals surface area contributed by atoms with Crippen molar-refractivity contribution in [2.45, 2.75) is 6.18 Å². The summed E-state index contributed by atoms with van der Waals surface area (Å²) in [5.74, 6) is 0. The number of anilines is 2. The van der Waals surface area contributed by atoms with Crippen LogP contribution in [0.5, 0.6) is 0 Å². The lowest BCUT2D eigenvalue weighted by Crippen LogP contribution is -2.49. The summed E-state index contributed by atoms with van der Waals surface area (Å²) >= 11 is 0. The van der Waals surface area contributed by atoms with E-state index in [4.69, 9.17) is 10.9 Å². The zero-order chi connectivity index (χ0) is 16.3. The third kappa shape index (κ3) is 3.91. The molecule has 7 nitrogen and oxygen atoms in total. The Balaban J connectivity index is 2.01. The van der Waals surface area contributed by atoms with E-state index in [9.17, 15) is 18.4 Å². The number of alkyl halides is 3. The second-order valence-corrected chi connectivity index (χ2v) is 4.98. The number of piperazine rings is 1. The number of rotatable bonds is 3. The van der Waals surface area contributed by atoms with E-state index in [0.717, 1.165) is 0 Å². The van der Waals surface area contributed by atoms with Crippen molar-refractivity contribution in [3.05, 3.63) is 23.4 Å². The van der Waals surface area contributed by atoms with Gasteiger partial charge in [0, 0.05) is 37.9 Å². The summed E-state index contributed by atoms with van der Waals surface area (Å²) in [6, 6.07) is 4.55. The molecule has 0 radical (unpaired) electrons. The smallest absolute Gasteiger partial charge is 0.401 e. The van der Waals surface area contributed by atoms with Crippen LogP contribution >= 0.6 is 0 Å². The Morgan fingerprint density at radius 2 is 1.91 bits per heavy atom. The third-order valence-electron chi connectivity index (χ3n) is 3.44. The molecule has 0 amide bonds. The first-order chi connectivity index (χ1) is 10.3. The topological polar surface area (TPSA) is 91.2 Å². The normalized spacial score (nSPS) is 17.8. The number of hydrogen-bond acceptors (Lipinski definition) is 5. The van der Waals surface area contributed by atoms with Gasteiger partial charge in [0.25, 0.3) is 5.69 Å². The second kappa shape index (κ2) is 6.26. The first-order valence-corrected chi connectivity index (χ1v) is 6.56. The predicted octanol–water partition coefficient (Wildman–Crippen LogP) is 1.94. The molecule has 1 fully saturated rings. The van der Waals surface area contributed by atoms with E-state index in [2.05, 4.69) is 5.28 Å². The molecule has 22 heavy (non-hydrogen) atoms. The van der Waals surface area contributed by atoms with E-state index in [1.54, 1.807) is 6.07 Å². The highest BCUT2D eigenvalue weighted by molar-refractivity contribution is 5.66. The van der Waals surface area contributed by atoms with Gasteiger partial charge in [0.15, 0.2) is 0 Å². The van der Waals surface area contributed by atoms with Crippen molar-refractivity contribution < 1.29 is 23.2 Å². The van der Waals surface area contributed by atoms with Gasteiger partial charge in [0.05, 0.1) is 6.54 Å². The van der Waals surface area contributed by atoms with Crippen molar-refractivity contribution in [3.8, 4) is 0 Å². The van der Waals surface area contributed by atoms with Gasteiger partial charge in [0.2, 0.25) is 5.28 Å². The molecule has 1 heterocycles. The average Bonchev–Trinajstić information content (AvgIpc) is 2.45. The molecule has 10 heteroatoms. The molecule has 1 aliphatic rings. The molecular formula is C12H16F3N5O2. The minimum atomic E-state index is -4.19. The first kappa shape index (κ1) is 16.1. The van der Waals surface area contributed by atoms with E-state index in [0.29, 0.717) is 31.9 Å². The summed E-state index contributed by atoms with van der Waals surface area (Å²) < 4.78 is 37.0. The Bertz CT molecular complexity index is 556. The largest absolute Gasteiger partial charge is 0.592 e. The molecule has 2 rings (SSSR count). The SMILES string of the molecule is Nc1cc(N2CCN(CC(F)(F)F)CC2)ccc1[N+]([O-])=NO. The van der Waals surface area contributed by atoms with Crippen LogP contribution in [0.3, 0.4) is 0 Å². The van der Waals surface area contributed by atoms with E-state index >= 15 is 0 Å². The predicted molar refractivity (Wildman–Crippen MR) is 73.1 cm³/mol. The molecule has 1 saturated heterocycles. The van der Waals surface area contributed by atoms with Crippen LogP contribution in [0.25, 0.3) is 0 Å². The van der Waals surface area contributed by atoms with Gasteiger partial charge >= 0.3 is 6.18 Å². The lowest BCUT2D eigenvalue weighted by Gasteiger charge is -2.36. The molecule has 0 saturated carbocycles. The molecule has 0 aliphatic carbocycles. The van der Waals surface area contributed by atoms with Crippen molar-refractivity contribution in [1.82, 2.24) is 4.90 Å². The van der Waals surface area contributed by atoms with Gasteiger partial charge in [-0.25, -0.2) is 0 Å². The zero-order valence-corrected chi connectivity index (χ0v) is 11.6. The van der Waals surface area contributed by atoms with E-state index in [-0.39, 0.29) is 16.2 Å². The minimum absolute atomic E-state index is 0.00181. The summed E-state index contributed by atoms with van der Waals surface area (Å²) in [5, 5.41) is 22.1. The highest BCUT2D eigenvalue weighted by Gasteiger charge is 2.32. The van der Waals surface area contributed by atoms with Gasteiger partial charge in [-0.1, -0.05) is 0 Å². The highest BCUT2D eigenvalue weighted by atomic mass is 19.4. The molecule has 122 valence electrons. The van der Waals surface area contributed by atoms with Crippen molar-refractivity contribution in [2.75, 3.05) is 43.4 Å². The molecule has 3 N–H and O–H groups in total. The highest BCUT2D eigenvalue weighted by Crippen LogP contribution is 2.28. The van der Waals surface area contributed by atoms with Crippen LogP contribution in [0.2, 0.25) is 0 Å². The van der Waals surface area contributed by atoms with Crippen LogP contribution in [-0.2, 0) is 0 Å². The Morgan fingerprint density at radius 3 is 2.41 bits per heavy atom. The van der Waals surface area contributed by atoms with E-state index < -0.39 is 12.7 Å². The standard InChI is InChI=1S/C12H16F3N5O2/c13-12(14,15)8-18-3-5-19(6-4-18)9-1-2-11(10(16)7-9)20(22)17-21/h1-2,7,21H,3-6,8,16H2. The zero-order valence-electron chi connectivity index (χ0n) is 11.6. The molecule has 0 aromatic heterocycles. The number of hydrogen-bond donors (Lipinski definition) is 2. The fourth-order valence-corrected chi connectivity index (χ4v) is 2.38. The van der Waals surface area contributed by atoms with Gasteiger partial charge in [-0.2, -0.15) is 13.2 Å². The maximum absolute atomic E-state index is 12.3. The summed E-state index contributed by atoms with van der Waals surface area (Å²) in [5.41, 5.74) is 6.55. The Hall–Kier alpha value is -2.23. The number of benzene rings is 1. The maximum Gasteiger partial charge on any atom is 0.401 e.